The van der Waals surface area contributed by atoms with E-state index >= 15 is 0 Å². The molecular weight excluding hydrogens is 256 g/mol. The molecule has 112 valence electrons. The van der Waals surface area contributed by atoms with Crippen LogP contribution in [0, 0.1) is 0 Å². The number of morpholine rings is 1. The Balaban J connectivity index is 1.69. The third kappa shape index (κ3) is 2.87. The topological polar surface area (TPSA) is 77.4 Å². The molecule has 0 amide bonds. The average Bonchev–Trinajstić information content (AvgIpc) is 2.97. The van der Waals surface area contributed by atoms with Gasteiger partial charge in [-0.2, -0.15) is 4.98 Å². The molecule has 1 aromatic heterocycles. The van der Waals surface area contributed by atoms with Gasteiger partial charge in [-0.1, -0.05) is 24.9 Å². The first-order chi connectivity index (χ1) is 9.78. The van der Waals surface area contributed by atoms with E-state index in [9.17, 15) is 0 Å². The summed E-state index contributed by atoms with van der Waals surface area (Å²) >= 11 is 0. The summed E-state index contributed by atoms with van der Waals surface area (Å²) < 4.78 is 11.2. The highest BCUT2D eigenvalue weighted by Gasteiger charge is 2.31. The summed E-state index contributed by atoms with van der Waals surface area (Å²) in [6.45, 7) is 5.73. The van der Waals surface area contributed by atoms with Crippen molar-refractivity contribution in [3.8, 4) is 0 Å². The van der Waals surface area contributed by atoms with Gasteiger partial charge in [-0.15, -0.1) is 0 Å². The second-order valence-corrected chi connectivity index (χ2v) is 5.80. The summed E-state index contributed by atoms with van der Waals surface area (Å²) in [5, 5.41) is 4.12. The molecule has 6 heteroatoms. The van der Waals surface area contributed by atoms with E-state index in [1.54, 1.807) is 0 Å². The van der Waals surface area contributed by atoms with Gasteiger partial charge in [-0.3, -0.25) is 4.90 Å². The van der Waals surface area contributed by atoms with Crippen LogP contribution in [0.5, 0.6) is 0 Å². The maximum Gasteiger partial charge on any atom is 0.231 e. The number of rotatable bonds is 3. The minimum atomic E-state index is -0.0685. The van der Waals surface area contributed by atoms with E-state index < -0.39 is 0 Å². The SMILES string of the molecule is CCN1CCOC(c2noc(C3CCCCC3N)n2)C1. The molecule has 6 nitrogen and oxygen atoms in total. The van der Waals surface area contributed by atoms with Crippen molar-refractivity contribution in [2.75, 3.05) is 26.2 Å². The molecule has 2 fully saturated rings. The minimum Gasteiger partial charge on any atom is -0.367 e. The molecule has 1 aliphatic heterocycles. The van der Waals surface area contributed by atoms with Crippen LogP contribution in [0.2, 0.25) is 0 Å². The van der Waals surface area contributed by atoms with Gasteiger partial charge in [0, 0.05) is 19.1 Å². The molecule has 3 rings (SSSR count). The first kappa shape index (κ1) is 14.0. The van der Waals surface area contributed by atoms with E-state index in [1.165, 1.54) is 12.8 Å². The fourth-order valence-corrected chi connectivity index (χ4v) is 3.14. The molecule has 2 aliphatic rings. The molecule has 3 unspecified atom stereocenters. The molecule has 2 heterocycles. The van der Waals surface area contributed by atoms with Crippen LogP contribution in [0.1, 0.15) is 56.3 Å². The lowest BCUT2D eigenvalue weighted by Crippen LogP contribution is -2.38. The number of hydrogen-bond donors (Lipinski definition) is 1. The van der Waals surface area contributed by atoms with Crippen LogP contribution in [-0.2, 0) is 4.74 Å². The zero-order valence-corrected chi connectivity index (χ0v) is 12.1. The van der Waals surface area contributed by atoms with E-state index in [-0.39, 0.29) is 18.1 Å². The fraction of sp³-hybridized carbons (Fsp3) is 0.857. The largest absolute Gasteiger partial charge is 0.367 e. The molecule has 0 radical (unpaired) electrons. The minimum absolute atomic E-state index is 0.0685. The average molecular weight is 280 g/mol. The molecule has 20 heavy (non-hydrogen) atoms. The molecule has 1 aromatic rings. The van der Waals surface area contributed by atoms with Gasteiger partial charge in [-0.05, 0) is 19.4 Å². The zero-order chi connectivity index (χ0) is 13.9. The molecule has 3 atom stereocenters. The summed E-state index contributed by atoms with van der Waals surface area (Å²) in [6, 6.07) is 0.150. The van der Waals surface area contributed by atoms with Crippen molar-refractivity contribution in [3.05, 3.63) is 11.7 Å². The third-order valence-electron chi connectivity index (χ3n) is 4.48. The second kappa shape index (κ2) is 6.20. The summed E-state index contributed by atoms with van der Waals surface area (Å²) in [5.41, 5.74) is 6.18. The van der Waals surface area contributed by atoms with Crippen molar-refractivity contribution in [2.24, 2.45) is 5.73 Å². The highest BCUT2D eigenvalue weighted by atomic mass is 16.5. The van der Waals surface area contributed by atoms with Gasteiger partial charge in [0.15, 0.2) is 0 Å². The van der Waals surface area contributed by atoms with Crippen LogP contribution in [0.3, 0.4) is 0 Å². The van der Waals surface area contributed by atoms with Crippen molar-refractivity contribution in [3.63, 3.8) is 0 Å². The number of nitrogens with zero attached hydrogens (tertiary/aromatic N) is 3. The number of likely N-dealkylation sites (N-methyl/N-ethyl adjacent to an activating group) is 1. The number of hydrogen-bond acceptors (Lipinski definition) is 6. The summed E-state index contributed by atoms with van der Waals surface area (Å²) in [4.78, 5) is 6.91. The van der Waals surface area contributed by atoms with E-state index in [0.717, 1.165) is 39.1 Å². The van der Waals surface area contributed by atoms with Crippen molar-refractivity contribution >= 4 is 0 Å². The molecule has 0 aromatic carbocycles. The van der Waals surface area contributed by atoms with Crippen LogP contribution >= 0.6 is 0 Å². The van der Waals surface area contributed by atoms with Crippen LogP contribution in [0.15, 0.2) is 4.52 Å². The predicted molar refractivity (Wildman–Crippen MR) is 74.3 cm³/mol. The van der Waals surface area contributed by atoms with Crippen molar-refractivity contribution in [2.45, 2.75) is 50.7 Å². The normalized spacial score (nSPS) is 32.4. The van der Waals surface area contributed by atoms with Gasteiger partial charge < -0.3 is 15.0 Å². The number of ether oxygens (including phenoxy) is 1. The van der Waals surface area contributed by atoms with Gasteiger partial charge in [0.2, 0.25) is 11.7 Å². The molecule has 0 spiro atoms. The summed E-state index contributed by atoms with van der Waals surface area (Å²) in [6.07, 6.45) is 4.43. The lowest BCUT2D eigenvalue weighted by atomic mass is 9.85. The standard InChI is InChI=1S/C14H24N4O2/c1-2-18-7-8-19-12(9-18)13-16-14(20-17-13)10-5-3-4-6-11(10)15/h10-12H,2-9,15H2,1H3. The predicted octanol–water partition coefficient (Wildman–Crippen LogP) is 1.45. The van der Waals surface area contributed by atoms with E-state index in [4.69, 9.17) is 15.0 Å². The first-order valence-corrected chi connectivity index (χ1v) is 7.71. The smallest absolute Gasteiger partial charge is 0.231 e. The Labute approximate surface area is 119 Å². The maximum atomic E-state index is 6.18. The van der Waals surface area contributed by atoms with Gasteiger partial charge in [-0.25, -0.2) is 0 Å². The monoisotopic (exact) mass is 280 g/mol. The zero-order valence-electron chi connectivity index (χ0n) is 12.1. The Morgan fingerprint density at radius 2 is 2.20 bits per heavy atom. The highest BCUT2D eigenvalue weighted by Crippen LogP contribution is 2.32. The van der Waals surface area contributed by atoms with E-state index in [0.29, 0.717) is 11.7 Å². The van der Waals surface area contributed by atoms with Gasteiger partial charge in [0.25, 0.3) is 0 Å². The van der Waals surface area contributed by atoms with E-state index in [2.05, 4.69) is 22.0 Å². The molecule has 1 aliphatic carbocycles. The highest BCUT2D eigenvalue weighted by molar-refractivity contribution is 5.02. The van der Waals surface area contributed by atoms with Crippen LogP contribution in [0.25, 0.3) is 0 Å². The van der Waals surface area contributed by atoms with Gasteiger partial charge in [0.05, 0.1) is 12.5 Å². The van der Waals surface area contributed by atoms with Crippen LogP contribution < -0.4 is 5.73 Å². The Hall–Kier alpha value is -0.980. The molecule has 2 N–H and O–H groups in total. The van der Waals surface area contributed by atoms with Crippen LogP contribution in [0.4, 0.5) is 0 Å². The Kier molecular flexibility index (Phi) is 4.33. The Morgan fingerprint density at radius 3 is 3.00 bits per heavy atom. The van der Waals surface area contributed by atoms with Gasteiger partial charge in [0.1, 0.15) is 6.10 Å². The Morgan fingerprint density at radius 1 is 1.35 bits per heavy atom. The summed E-state index contributed by atoms with van der Waals surface area (Å²) in [5.74, 6) is 1.59. The summed E-state index contributed by atoms with van der Waals surface area (Å²) in [7, 11) is 0. The third-order valence-corrected chi connectivity index (χ3v) is 4.48. The van der Waals surface area contributed by atoms with E-state index in [1.807, 2.05) is 0 Å². The number of aromatic nitrogens is 2. The fourth-order valence-electron chi connectivity index (χ4n) is 3.14. The van der Waals surface area contributed by atoms with Gasteiger partial charge >= 0.3 is 0 Å². The van der Waals surface area contributed by atoms with Crippen molar-refractivity contribution in [1.29, 1.82) is 0 Å². The maximum absolute atomic E-state index is 6.18. The molecule has 1 saturated carbocycles. The lowest BCUT2D eigenvalue weighted by Gasteiger charge is -2.30. The molecule has 1 saturated heterocycles. The second-order valence-electron chi connectivity index (χ2n) is 5.80. The quantitative estimate of drug-likeness (QED) is 0.903. The molecule has 0 bridgehead atoms. The number of nitrogens with two attached hydrogens (primary N) is 1. The lowest BCUT2D eigenvalue weighted by molar-refractivity contribution is -0.0334. The van der Waals surface area contributed by atoms with Crippen LogP contribution in [-0.4, -0.2) is 47.3 Å². The molecular formula is C14H24N4O2. The van der Waals surface area contributed by atoms with Crippen molar-refractivity contribution < 1.29 is 9.26 Å². The first-order valence-electron chi connectivity index (χ1n) is 7.71. The van der Waals surface area contributed by atoms with Crippen molar-refractivity contribution in [1.82, 2.24) is 15.0 Å². The Bertz CT molecular complexity index is 437.